The molecule has 0 spiro atoms. The molecule has 23 heavy (non-hydrogen) atoms. The number of hydrogen-bond acceptors (Lipinski definition) is 3. The molecule has 1 aliphatic rings. The summed E-state index contributed by atoms with van der Waals surface area (Å²) in [6.45, 7) is 2.71. The van der Waals surface area contributed by atoms with E-state index in [0.29, 0.717) is 13.0 Å². The monoisotopic (exact) mass is 334 g/mol. The van der Waals surface area contributed by atoms with Crippen LogP contribution in [0.5, 0.6) is 0 Å². The van der Waals surface area contributed by atoms with E-state index < -0.39 is 6.04 Å². The second-order valence-corrected chi connectivity index (χ2v) is 7.02. The molecule has 5 heteroatoms. The van der Waals surface area contributed by atoms with Crippen molar-refractivity contribution >= 4 is 23.6 Å². The van der Waals surface area contributed by atoms with E-state index in [1.54, 1.807) is 21.6 Å². The van der Waals surface area contributed by atoms with Crippen molar-refractivity contribution in [2.45, 2.75) is 38.3 Å². The van der Waals surface area contributed by atoms with Gasteiger partial charge in [0, 0.05) is 31.8 Å². The minimum atomic E-state index is -0.502. The molecule has 2 amide bonds. The van der Waals surface area contributed by atoms with Crippen LogP contribution >= 0.6 is 11.8 Å². The summed E-state index contributed by atoms with van der Waals surface area (Å²) < 4.78 is 0. The number of thioether (sulfide) groups is 1. The molecule has 0 aliphatic carbocycles. The van der Waals surface area contributed by atoms with Gasteiger partial charge < -0.3 is 9.80 Å². The van der Waals surface area contributed by atoms with Crippen LogP contribution in [0.25, 0.3) is 0 Å². The van der Waals surface area contributed by atoms with Crippen molar-refractivity contribution in [1.29, 1.82) is 0 Å². The summed E-state index contributed by atoms with van der Waals surface area (Å²) in [5.74, 6) is 0.981. The maximum atomic E-state index is 13.1. The Morgan fingerprint density at radius 3 is 2.61 bits per heavy atom. The molecule has 0 N–H and O–H groups in total. The van der Waals surface area contributed by atoms with Crippen LogP contribution < -0.4 is 0 Å². The lowest BCUT2D eigenvalue weighted by Crippen LogP contribution is -2.48. The largest absolute Gasteiger partial charge is 0.340 e. The quantitative estimate of drug-likeness (QED) is 0.803. The molecule has 0 radical (unpaired) electrons. The Morgan fingerprint density at radius 1 is 1.30 bits per heavy atom. The van der Waals surface area contributed by atoms with Crippen LogP contribution in [0.4, 0.5) is 0 Å². The lowest BCUT2D eigenvalue weighted by atomic mass is 9.99. The molecule has 126 valence electrons. The van der Waals surface area contributed by atoms with Gasteiger partial charge in [-0.15, -0.1) is 0 Å². The zero-order chi connectivity index (χ0) is 16.8. The molecule has 0 unspecified atom stereocenters. The maximum Gasteiger partial charge on any atom is 0.250 e. The lowest BCUT2D eigenvalue weighted by molar-refractivity contribution is -0.147. The van der Waals surface area contributed by atoms with Crippen molar-refractivity contribution in [1.82, 2.24) is 9.80 Å². The second kappa shape index (κ2) is 8.39. The highest BCUT2D eigenvalue weighted by Crippen LogP contribution is 2.28. The highest BCUT2D eigenvalue weighted by molar-refractivity contribution is 7.98. The molecule has 0 bridgehead atoms. The molecule has 1 saturated heterocycles. The van der Waals surface area contributed by atoms with Gasteiger partial charge in [0.1, 0.15) is 6.04 Å². The third-order valence-electron chi connectivity index (χ3n) is 4.44. The van der Waals surface area contributed by atoms with Crippen molar-refractivity contribution in [2.24, 2.45) is 0 Å². The molecule has 1 fully saturated rings. The van der Waals surface area contributed by atoms with E-state index in [-0.39, 0.29) is 17.9 Å². The summed E-state index contributed by atoms with van der Waals surface area (Å²) in [5, 5.41) is 0. The summed E-state index contributed by atoms with van der Waals surface area (Å²) in [4.78, 5) is 29.1. The van der Waals surface area contributed by atoms with Crippen LogP contribution in [0.15, 0.2) is 30.3 Å². The van der Waals surface area contributed by atoms with E-state index in [2.05, 4.69) is 6.92 Å². The molecule has 0 aromatic heterocycles. The van der Waals surface area contributed by atoms with Crippen LogP contribution in [0, 0.1) is 0 Å². The highest BCUT2D eigenvalue weighted by Gasteiger charge is 2.35. The fourth-order valence-electron chi connectivity index (χ4n) is 2.95. The summed E-state index contributed by atoms with van der Waals surface area (Å²) in [5.41, 5.74) is 0.899. The summed E-state index contributed by atoms with van der Waals surface area (Å²) in [6, 6.07) is 9.31. The van der Waals surface area contributed by atoms with Crippen LogP contribution in [-0.2, 0) is 9.59 Å². The van der Waals surface area contributed by atoms with Gasteiger partial charge in [-0.2, -0.15) is 11.8 Å². The Balaban J connectivity index is 2.29. The number of piperidine rings is 1. The number of likely N-dealkylation sites (tertiary alicyclic amines) is 1. The lowest BCUT2D eigenvalue weighted by Gasteiger charge is -2.37. The molecular formula is C18H26N2O2S. The predicted molar refractivity (Wildman–Crippen MR) is 95.4 cm³/mol. The zero-order valence-corrected chi connectivity index (χ0v) is 15.0. The van der Waals surface area contributed by atoms with Crippen LogP contribution in [0.2, 0.25) is 0 Å². The second-order valence-electron chi connectivity index (χ2n) is 6.11. The van der Waals surface area contributed by atoms with Gasteiger partial charge in [0.25, 0.3) is 0 Å². The average molecular weight is 334 g/mol. The van der Waals surface area contributed by atoms with E-state index >= 15 is 0 Å². The number of rotatable bonds is 6. The minimum Gasteiger partial charge on any atom is -0.340 e. The average Bonchev–Trinajstić information content (AvgIpc) is 2.57. The molecule has 2 atom stereocenters. The Bertz CT molecular complexity index is 535. The summed E-state index contributed by atoms with van der Waals surface area (Å²) in [7, 11) is 1.84. The first-order chi connectivity index (χ1) is 11.1. The Kier molecular flexibility index (Phi) is 6.51. The van der Waals surface area contributed by atoms with Gasteiger partial charge in [-0.3, -0.25) is 9.59 Å². The van der Waals surface area contributed by atoms with E-state index in [1.807, 2.05) is 43.6 Å². The number of hydrogen-bond donors (Lipinski definition) is 0. The topological polar surface area (TPSA) is 40.6 Å². The highest BCUT2D eigenvalue weighted by atomic mass is 32.2. The molecule has 4 nitrogen and oxygen atoms in total. The minimum absolute atomic E-state index is 0.00741. The van der Waals surface area contributed by atoms with Crippen molar-refractivity contribution in [3.8, 4) is 0 Å². The third-order valence-corrected chi connectivity index (χ3v) is 5.25. The Morgan fingerprint density at radius 2 is 2.00 bits per heavy atom. The number of benzene rings is 1. The number of carbonyl (C=O) groups is 2. The number of amides is 2. The van der Waals surface area contributed by atoms with E-state index in [9.17, 15) is 9.59 Å². The molecule has 0 saturated carbocycles. The standard InChI is InChI=1S/C18H26N2O2S/c1-14(13-23-3)19(2)18(22)17(15-9-5-4-6-10-15)20-12-8-7-11-16(20)21/h4-6,9-10,14,17H,7-8,11-13H2,1-3H3/t14-,17-/m0/s1. The molecular weight excluding hydrogens is 308 g/mol. The van der Waals surface area contributed by atoms with Gasteiger partial charge in [0.05, 0.1) is 0 Å². The van der Waals surface area contributed by atoms with Gasteiger partial charge in [0.2, 0.25) is 11.8 Å². The molecule has 1 aromatic carbocycles. The molecule has 1 aromatic rings. The number of nitrogens with zero attached hydrogens (tertiary/aromatic N) is 2. The third kappa shape index (κ3) is 4.28. The van der Waals surface area contributed by atoms with Gasteiger partial charge in [-0.05, 0) is 31.6 Å². The smallest absolute Gasteiger partial charge is 0.250 e. The van der Waals surface area contributed by atoms with Crippen LogP contribution in [0.3, 0.4) is 0 Å². The first-order valence-corrected chi connectivity index (χ1v) is 9.55. The van der Waals surface area contributed by atoms with Crippen LogP contribution in [-0.4, -0.2) is 53.3 Å². The normalized spacial score (nSPS) is 17.7. The predicted octanol–water partition coefficient (Wildman–Crippen LogP) is 2.95. The molecule has 2 rings (SSSR count). The Hall–Kier alpha value is -1.49. The molecule has 1 aliphatic heterocycles. The first kappa shape index (κ1) is 17.9. The van der Waals surface area contributed by atoms with E-state index in [0.717, 1.165) is 24.2 Å². The van der Waals surface area contributed by atoms with Gasteiger partial charge >= 0.3 is 0 Å². The van der Waals surface area contributed by atoms with E-state index in [1.165, 1.54) is 0 Å². The first-order valence-electron chi connectivity index (χ1n) is 8.16. The summed E-state index contributed by atoms with van der Waals surface area (Å²) >= 11 is 1.72. The van der Waals surface area contributed by atoms with E-state index in [4.69, 9.17) is 0 Å². The van der Waals surface area contributed by atoms with Crippen molar-refractivity contribution in [2.75, 3.05) is 25.6 Å². The van der Waals surface area contributed by atoms with Gasteiger partial charge in [-0.1, -0.05) is 30.3 Å². The Labute approximate surface area is 143 Å². The SMILES string of the molecule is CSC[C@H](C)N(C)C(=O)[C@H](c1ccccc1)N1CCCCC1=O. The van der Waals surface area contributed by atoms with Gasteiger partial charge in [-0.25, -0.2) is 0 Å². The van der Waals surface area contributed by atoms with Gasteiger partial charge in [0.15, 0.2) is 0 Å². The number of likely N-dealkylation sites (N-methyl/N-ethyl adjacent to an activating group) is 1. The molecule has 1 heterocycles. The van der Waals surface area contributed by atoms with Crippen molar-refractivity contribution < 1.29 is 9.59 Å². The zero-order valence-electron chi connectivity index (χ0n) is 14.2. The van der Waals surface area contributed by atoms with Crippen LogP contribution in [0.1, 0.15) is 37.8 Å². The number of carbonyl (C=O) groups excluding carboxylic acids is 2. The summed E-state index contributed by atoms with van der Waals surface area (Å²) in [6.07, 6.45) is 4.47. The fraction of sp³-hybridized carbons (Fsp3) is 0.556. The van der Waals surface area contributed by atoms with Crippen molar-refractivity contribution in [3.05, 3.63) is 35.9 Å². The van der Waals surface area contributed by atoms with Crippen molar-refractivity contribution in [3.63, 3.8) is 0 Å². The maximum absolute atomic E-state index is 13.1. The fourth-order valence-corrected chi connectivity index (χ4v) is 3.66.